The molecule has 6 heteroatoms. The van der Waals surface area contributed by atoms with Crippen LogP contribution in [0.3, 0.4) is 0 Å². The van der Waals surface area contributed by atoms with Crippen LogP contribution in [-0.2, 0) is 9.53 Å². The highest BCUT2D eigenvalue weighted by molar-refractivity contribution is 5.97. The summed E-state index contributed by atoms with van der Waals surface area (Å²) in [6.07, 6.45) is 1.73. The Morgan fingerprint density at radius 3 is 2.41 bits per heavy atom. The molecule has 0 saturated heterocycles. The average Bonchev–Trinajstić information content (AvgIpc) is 3.02. The number of benzene rings is 1. The van der Waals surface area contributed by atoms with Gasteiger partial charge in [-0.25, -0.2) is 4.79 Å². The summed E-state index contributed by atoms with van der Waals surface area (Å²) in [7, 11) is 3.87. The van der Waals surface area contributed by atoms with Crippen LogP contribution in [0.25, 0.3) is 0 Å². The number of nitrogens with zero attached hydrogens (tertiary/aromatic N) is 1. The molecule has 0 radical (unpaired) electrons. The SMILES string of the molecule is CC(OC(=O)c1ccoc1)C(=O)Nc1ccc(N(C)C)cc1. The fourth-order valence-electron chi connectivity index (χ4n) is 1.75. The Bertz CT molecular complexity index is 633. The summed E-state index contributed by atoms with van der Waals surface area (Å²) in [6.45, 7) is 1.52. The van der Waals surface area contributed by atoms with Crippen LogP contribution >= 0.6 is 0 Å². The number of rotatable bonds is 5. The van der Waals surface area contributed by atoms with Crippen molar-refractivity contribution in [3.8, 4) is 0 Å². The predicted molar refractivity (Wildman–Crippen MR) is 83.0 cm³/mol. The third kappa shape index (κ3) is 3.88. The summed E-state index contributed by atoms with van der Waals surface area (Å²) in [5, 5.41) is 2.70. The van der Waals surface area contributed by atoms with Crippen LogP contribution < -0.4 is 10.2 Å². The standard InChI is InChI=1S/C16H18N2O4/c1-11(22-16(20)12-8-9-21-10-12)15(19)17-13-4-6-14(7-5-13)18(2)3/h4-11H,1-3H3,(H,17,19). The molecule has 1 N–H and O–H groups in total. The quantitative estimate of drug-likeness (QED) is 0.859. The van der Waals surface area contributed by atoms with Crippen LogP contribution in [0.2, 0.25) is 0 Å². The van der Waals surface area contributed by atoms with Crippen molar-refractivity contribution in [1.29, 1.82) is 0 Å². The van der Waals surface area contributed by atoms with E-state index < -0.39 is 18.0 Å². The number of hydrogen-bond donors (Lipinski definition) is 1. The molecule has 0 saturated carbocycles. The lowest BCUT2D eigenvalue weighted by Crippen LogP contribution is -2.29. The summed E-state index contributed by atoms with van der Waals surface area (Å²) in [4.78, 5) is 25.7. The zero-order valence-corrected chi connectivity index (χ0v) is 12.7. The molecule has 116 valence electrons. The van der Waals surface area contributed by atoms with Crippen molar-refractivity contribution in [2.24, 2.45) is 0 Å². The number of carbonyl (C=O) groups excluding carboxylic acids is 2. The van der Waals surface area contributed by atoms with Gasteiger partial charge in [0.2, 0.25) is 0 Å². The van der Waals surface area contributed by atoms with Crippen molar-refractivity contribution >= 4 is 23.3 Å². The van der Waals surface area contributed by atoms with E-state index in [2.05, 4.69) is 5.32 Å². The van der Waals surface area contributed by atoms with Gasteiger partial charge in [0.15, 0.2) is 6.10 Å². The minimum atomic E-state index is -0.907. The Hall–Kier alpha value is -2.76. The minimum Gasteiger partial charge on any atom is -0.472 e. The van der Waals surface area contributed by atoms with Gasteiger partial charge in [-0.3, -0.25) is 4.79 Å². The van der Waals surface area contributed by atoms with Crippen molar-refractivity contribution in [3.63, 3.8) is 0 Å². The van der Waals surface area contributed by atoms with Crippen LogP contribution in [0.1, 0.15) is 17.3 Å². The molecule has 0 aliphatic heterocycles. The van der Waals surface area contributed by atoms with Gasteiger partial charge in [0.05, 0.1) is 11.8 Å². The molecule has 2 aromatic rings. The molecule has 22 heavy (non-hydrogen) atoms. The topological polar surface area (TPSA) is 71.8 Å². The third-order valence-corrected chi connectivity index (χ3v) is 3.06. The average molecular weight is 302 g/mol. The maximum Gasteiger partial charge on any atom is 0.342 e. The number of esters is 1. The lowest BCUT2D eigenvalue weighted by atomic mass is 10.2. The molecule has 1 aromatic heterocycles. The smallest absolute Gasteiger partial charge is 0.342 e. The highest BCUT2D eigenvalue weighted by Crippen LogP contribution is 2.16. The number of amides is 1. The van der Waals surface area contributed by atoms with Crippen LogP contribution in [0.4, 0.5) is 11.4 Å². The van der Waals surface area contributed by atoms with E-state index >= 15 is 0 Å². The Balaban J connectivity index is 1.92. The van der Waals surface area contributed by atoms with Gasteiger partial charge in [0.1, 0.15) is 6.26 Å². The first-order valence-electron chi connectivity index (χ1n) is 6.79. The van der Waals surface area contributed by atoms with Crippen LogP contribution in [0.5, 0.6) is 0 Å². The Morgan fingerprint density at radius 1 is 1.18 bits per heavy atom. The van der Waals surface area contributed by atoms with Gasteiger partial charge in [0, 0.05) is 25.5 Å². The second-order valence-electron chi connectivity index (χ2n) is 4.99. The van der Waals surface area contributed by atoms with Gasteiger partial charge in [-0.1, -0.05) is 0 Å². The van der Waals surface area contributed by atoms with Gasteiger partial charge in [-0.05, 0) is 37.3 Å². The molecule has 2 rings (SSSR count). The molecule has 6 nitrogen and oxygen atoms in total. The van der Waals surface area contributed by atoms with Crippen molar-refractivity contribution in [2.75, 3.05) is 24.3 Å². The van der Waals surface area contributed by atoms with Crippen LogP contribution in [0.15, 0.2) is 47.3 Å². The van der Waals surface area contributed by atoms with E-state index in [1.165, 1.54) is 25.5 Å². The third-order valence-electron chi connectivity index (χ3n) is 3.06. The molecular weight excluding hydrogens is 284 g/mol. The first kappa shape index (κ1) is 15.6. The van der Waals surface area contributed by atoms with E-state index in [1.807, 2.05) is 31.1 Å². The lowest BCUT2D eigenvalue weighted by molar-refractivity contribution is -0.123. The maximum absolute atomic E-state index is 12.0. The highest BCUT2D eigenvalue weighted by Gasteiger charge is 2.19. The number of nitrogens with one attached hydrogen (secondary N) is 1. The highest BCUT2D eigenvalue weighted by atomic mass is 16.5. The Morgan fingerprint density at radius 2 is 1.86 bits per heavy atom. The normalized spacial score (nSPS) is 11.6. The molecule has 0 aliphatic carbocycles. The summed E-state index contributed by atoms with van der Waals surface area (Å²) in [5.74, 6) is -0.992. The second-order valence-corrected chi connectivity index (χ2v) is 4.99. The van der Waals surface area contributed by atoms with Gasteiger partial charge in [0.25, 0.3) is 5.91 Å². The molecule has 0 spiro atoms. The molecule has 1 heterocycles. The number of anilines is 2. The first-order valence-corrected chi connectivity index (χ1v) is 6.79. The molecule has 1 unspecified atom stereocenters. The monoisotopic (exact) mass is 302 g/mol. The molecule has 1 atom stereocenters. The largest absolute Gasteiger partial charge is 0.472 e. The number of hydrogen-bond acceptors (Lipinski definition) is 5. The van der Waals surface area contributed by atoms with Crippen LogP contribution in [0, 0.1) is 0 Å². The van der Waals surface area contributed by atoms with Crippen molar-refractivity contribution < 1.29 is 18.7 Å². The number of furan rings is 1. The van der Waals surface area contributed by atoms with E-state index in [0.717, 1.165) is 5.69 Å². The number of ether oxygens (including phenoxy) is 1. The van der Waals surface area contributed by atoms with Crippen molar-refractivity contribution in [1.82, 2.24) is 0 Å². The van der Waals surface area contributed by atoms with Gasteiger partial charge in [-0.2, -0.15) is 0 Å². The minimum absolute atomic E-state index is 0.273. The van der Waals surface area contributed by atoms with Crippen LogP contribution in [-0.4, -0.2) is 32.1 Å². The zero-order chi connectivity index (χ0) is 16.1. The molecule has 1 amide bonds. The fourth-order valence-corrected chi connectivity index (χ4v) is 1.75. The maximum atomic E-state index is 12.0. The summed E-state index contributed by atoms with van der Waals surface area (Å²) in [6, 6.07) is 8.83. The predicted octanol–water partition coefficient (Wildman–Crippen LogP) is 2.53. The summed E-state index contributed by atoms with van der Waals surface area (Å²) in [5.41, 5.74) is 1.94. The zero-order valence-electron chi connectivity index (χ0n) is 12.7. The van der Waals surface area contributed by atoms with Gasteiger partial charge in [-0.15, -0.1) is 0 Å². The lowest BCUT2D eigenvalue weighted by Gasteiger charge is -2.15. The molecular formula is C16H18N2O4. The molecule has 0 fully saturated rings. The van der Waals surface area contributed by atoms with Gasteiger partial charge >= 0.3 is 5.97 Å². The second kappa shape index (κ2) is 6.80. The fraction of sp³-hybridized carbons (Fsp3) is 0.250. The van der Waals surface area contributed by atoms with Crippen molar-refractivity contribution in [3.05, 3.63) is 48.4 Å². The van der Waals surface area contributed by atoms with E-state index in [9.17, 15) is 9.59 Å². The Kier molecular flexibility index (Phi) is 4.83. The van der Waals surface area contributed by atoms with E-state index in [0.29, 0.717) is 5.69 Å². The summed E-state index contributed by atoms with van der Waals surface area (Å²) < 4.78 is 9.87. The van der Waals surface area contributed by atoms with E-state index in [4.69, 9.17) is 9.15 Å². The molecule has 1 aromatic carbocycles. The van der Waals surface area contributed by atoms with Crippen molar-refractivity contribution in [2.45, 2.75) is 13.0 Å². The first-order chi connectivity index (χ1) is 10.5. The van der Waals surface area contributed by atoms with E-state index in [1.54, 1.807) is 12.1 Å². The molecule has 0 bridgehead atoms. The van der Waals surface area contributed by atoms with E-state index in [-0.39, 0.29) is 5.56 Å². The molecule has 0 aliphatic rings. The summed E-state index contributed by atoms with van der Waals surface area (Å²) >= 11 is 0. The number of carbonyl (C=O) groups is 2. The Labute approximate surface area is 128 Å². The van der Waals surface area contributed by atoms with Gasteiger partial charge < -0.3 is 19.4 Å².